The van der Waals surface area contributed by atoms with Crippen LogP contribution < -0.4 is 18.9 Å². The summed E-state index contributed by atoms with van der Waals surface area (Å²) in [4.78, 5) is 8.42. The van der Waals surface area contributed by atoms with Crippen LogP contribution in [0, 0.1) is 0 Å². The number of anilines is 1. The van der Waals surface area contributed by atoms with Gasteiger partial charge < -0.3 is 23.7 Å². The summed E-state index contributed by atoms with van der Waals surface area (Å²) in [5.74, 6) is 0.973. The number of rotatable bonds is 10. The van der Waals surface area contributed by atoms with E-state index in [9.17, 15) is 8.42 Å². The van der Waals surface area contributed by atoms with E-state index >= 15 is 0 Å². The first-order valence-electron chi connectivity index (χ1n) is 11.5. The van der Waals surface area contributed by atoms with Gasteiger partial charge in [0, 0.05) is 5.92 Å². The van der Waals surface area contributed by atoms with E-state index in [4.69, 9.17) is 23.7 Å². The van der Waals surface area contributed by atoms with Crippen LogP contribution in [0.2, 0.25) is 0 Å². The van der Waals surface area contributed by atoms with Crippen LogP contribution in [0.1, 0.15) is 37.4 Å². The highest BCUT2D eigenvalue weighted by Gasteiger charge is 2.34. The number of sulfonamides is 1. The van der Waals surface area contributed by atoms with E-state index in [1.54, 1.807) is 32.0 Å². The smallest absolute Gasteiger partial charge is 0.243 e. The lowest BCUT2D eigenvalue weighted by Crippen LogP contribution is -2.31. The Morgan fingerprint density at radius 3 is 2.32 bits per heavy atom. The van der Waals surface area contributed by atoms with Crippen LogP contribution in [0.4, 0.5) is 5.95 Å². The first kappa shape index (κ1) is 26.6. The number of benzene rings is 1. The molecule has 1 N–H and O–H groups in total. The molecule has 1 saturated heterocycles. The van der Waals surface area contributed by atoms with Crippen LogP contribution in [-0.4, -0.2) is 79.6 Å². The fraction of sp³-hybridized carbons (Fsp3) is 0.478. The summed E-state index contributed by atoms with van der Waals surface area (Å²) in [5, 5.41) is 7.53. The molecule has 14 heteroatoms. The highest BCUT2D eigenvalue weighted by atomic mass is 32.2. The van der Waals surface area contributed by atoms with Crippen LogP contribution >= 0.6 is 0 Å². The number of aromatic nitrogens is 5. The van der Waals surface area contributed by atoms with Gasteiger partial charge in [-0.1, -0.05) is 13.0 Å². The Labute approximate surface area is 215 Å². The van der Waals surface area contributed by atoms with Crippen molar-refractivity contribution in [2.24, 2.45) is 0 Å². The SMILES string of the molecule is COc1cnc([C@@H](C)[C@H](C)S(=O)(=O)Nc2nnc(C3COCCO3)n2-c2c(OC)cccc2OC)cn1. The Balaban J connectivity index is 1.74. The molecule has 0 bridgehead atoms. The molecule has 1 aliphatic heterocycles. The summed E-state index contributed by atoms with van der Waals surface area (Å²) in [7, 11) is 0.504. The predicted octanol–water partition coefficient (Wildman–Crippen LogP) is 2.10. The van der Waals surface area contributed by atoms with Crippen molar-refractivity contribution in [1.29, 1.82) is 0 Å². The molecule has 3 atom stereocenters. The van der Waals surface area contributed by atoms with Gasteiger partial charge >= 0.3 is 0 Å². The Hall–Kier alpha value is -3.49. The predicted molar refractivity (Wildman–Crippen MR) is 133 cm³/mol. The maximum Gasteiger partial charge on any atom is 0.243 e. The van der Waals surface area contributed by atoms with Crippen LogP contribution in [0.25, 0.3) is 5.69 Å². The van der Waals surface area contributed by atoms with E-state index < -0.39 is 27.3 Å². The first-order chi connectivity index (χ1) is 17.8. The molecule has 2 aromatic heterocycles. The minimum Gasteiger partial charge on any atom is -0.494 e. The molecule has 4 rings (SSSR count). The van der Waals surface area contributed by atoms with Crippen molar-refractivity contribution < 1.29 is 32.1 Å². The first-order valence-corrected chi connectivity index (χ1v) is 13.1. The second-order valence-electron chi connectivity index (χ2n) is 8.29. The van der Waals surface area contributed by atoms with E-state index in [-0.39, 0.29) is 12.6 Å². The Morgan fingerprint density at radius 2 is 1.76 bits per heavy atom. The van der Waals surface area contributed by atoms with E-state index in [1.165, 1.54) is 38.3 Å². The fourth-order valence-electron chi connectivity index (χ4n) is 3.88. The van der Waals surface area contributed by atoms with Crippen molar-refractivity contribution in [2.45, 2.75) is 31.1 Å². The number of hydrogen-bond acceptors (Lipinski definition) is 11. The van der Waals surface area contributed by atoms with Crippen LogP contribution in [0.3, 0.4) is 0 Å². The molecule has 0 amide bonds. The van der Waals surface area contributed by atoms with Crippen molar-refractivity contribution in [3.8, 4) is 23.1 Å². The normalized spacial score (nSPS) is 17.6. The summed E-state index contributed by atoms with van der Waals surface area (Å²) < 4.78 is 58.8. The third-order valence-corrected chi connectivity index (χ3v) is 8.02. The molecule has 3 aromatic rings. The molecule has 200 valence electrons. The minimum absolute atomic E-state index is 0.0492. The van der Waals surface area contributed by atoms with Gasteiger partial charge in [-0.05, 0) is 19.1 Å². The fourth-order valence-corrected chi connectivity index (χ4v) is 5.13. The molecule has 1 fully saturated rings. The van der Waals surface area contributed by atoms with Gasteiger partial charge in [0.1, 0.15) is 23.3 Å². The molecule has 1 aliphatic rings. The van der Waals surface area contributed by atoms with Crippen molar-refractivity contribution >= 4 is 16.0 Å². The summed E-state index contributed by atoms with van der Waals surface area (Å²) >= 11 is 0. The zero-order valence-electron chi connectivity index (χ0n) is 21.2. The molecule has 0 spiro atoms. The third-order valence-electron chi connectivity index (χ3n) is 6.17. The van der Waals surface area contributed by atoms with E-state index in [0.717, 1.165) is 0 Å². The molecule has 3 heterocycles. The van der Waals surface area contributed by atoms with E-state index in [0.29, 0.717) is 47.8 Å². The Bertz CT molecular complexity index is 1290. The maximum atomic E-state index is 13.5. The Morgan fingerprint density at radius 1 is 1.03 bits per heavy atom. The van der Waals surface area contributed by atoms with Gasteiger partial charge in [-0.3, -0.25) is 14.3 Å². The molecule has 1 unspecified atom stereocenters. The molecule has 0 saturated carbocycles. The van der Waals surface area contributed by atoms with Crippen molar-refractivity contribution in [2.75, 3.05) is 45.9 Å². The number of ether oxygens (including phenoxy) is 5. The molecular formula is C23H30N6O7S. The van der Waals surface area contributed by atoms with Crippen molar-refractivity contribution in [3.63, 3.8) is 0 Å². The van der Waals surface area contributed by atoms with Crippen LogP contribution in [0.15, 0.2) is 30.6 Å². The van der Waals surface area contributed by atoms with Gasteiger partial charge in [0.2, 0.25) is 21.9 Å². The molecular weight excluding hydrogens is 504 g/mol. The number of para-hydroxylation sites is 1. The lowest BCUT2D eigenvalue weighted by Gasteiger charge is -2.25. The van der Waals surface area contributed by atoms with Crippen molar-refractivity contribution in [1.82, 2.24) is 24.7 Å². The van der Waals surface area contributed by atoms with Gasteiger partial charge in [-0.15, -0.1) is 10.2 Å². The van der Waals surface area contributed by atoms with Gasteiger partial charge in [0.15, 0.2) is 5.82 Å². The molecule has 0 radical (unpaired) electrons. The topological polar surface area (TPSA) is 149 Å². The van der Waals surface area contributed by atoms with Gasteiger partial charge in [0.25, 0.3) is 0 Å². The minimum atomic E-state index is -3.99. The Kier molecular flexibility index (Phi) is 8.10. The van der Waals surface area contributed by atoms with Crippen LogP contribution in [-0.2, 0) is 19.5 Å². The van der Waals surface area contributed by atoms with Gasteiger partial charge in [-0.25, -0.2) is 13.4 Å². The highest BCUT2D eigenvalue weighted by Crippen LogP contribution is 2.37. The highest BCUT2D eigenvalue weighted by molar-refractivity contribution is 7.93. The monoisotopic (exact) mass is 534 g/mol. The van der Waals surface area contributed by atoms with Crippen LogP contribution in [0.5, 0.6) is 17.4 Å². The molecule has 13 nitrogen and oxygen atoms in total. The maximum absolute atomic E-state index is 13.5. The molecule has 0 aliphatic carbocycles. The lowest BCUT2D eigenvalue weighted by atomic mass is 10.1. The number of methoxy groups -OCH3 is 3. The molecule has 37 heavy (non-hydrogen) atoms. The molecule has 1 aromatic carbocycles. The number of nitrogens with one attached hydrogen (secondary N) is 1. The number of nitrogens with zero attached hydrogens (tertiary/aromatic N) is 5. The summed E-state index contributed by atoms with van der Waals surface area (Å²) in [6.45, 7) is 4.38. The largest absolute Gasteiger partial charge is 0.494 e. The van der Waals surface area contributed by atoms with E-state index in [1.807, 2.05) is 0 Å². The average Bonchev–Trinajstić information content (AvgIpc) is 3.34. The zero-order chi connectivity index (χ0) is 26.6. The summed E-state index contributed by atoms with van der Waals surface area (Å²) in [6.07, 6.45) is 2.36. The number of hydrogen-bond donors (Lipinski definition) is 1. The van der Waals surface area contributed by atoms with Gasteiger partial charge in [0.05, 0.1) is 64.5 Å². The second-order valence-corrected chi connectivity index (χ2v) is 10.3. The second kappa shape index (κ2) is 11.3. The van der Waals surface area contributed by atoms with Crippen molar-refractivity contribution in [3.05, 3.63) is 42.1 Å². The van der Waals surface area contributed by atoms with E-state index in [2.05, 4.69) is 24.9 Å². The summed E-state index contributed by atoms with van der Waals surface area (Å²) in [6, 6.07) is 5.21. The quantitative estimate of drug-likeness (QED) is 0.407. The zero-order valence-corrected chi connectivity index (χ0v) is 22.1. The summed E-state index contributed by atoms with van der Waals surface area (Å²) in [5.41, 5.74) is 0.918. The average molecular weight is 535 g/mol. The standard InChI is InChI=1S/C23H30N6O7S/c1-14(16-11-25-20(34-5)12-24-16)15(2)37(30,31)28-23-27-26-22(19-13-35-9-10-36-19)29(23)21-17(32-3)7-6-8-18(21)33-4/h6-8,11-12,14-15,19H,9-10,13H2,1-5H3,(H,27,28)/t14-,15-,19?/m0/s1. The van der Waals surface area contributed by atoms with Gasteiger partial charge in [-0.2, -0.15) is 0 Å². The third kappa shape index (κ3) is 5.45. The lowest BCUT2D eigenvalue weighted by molar-refractivity contribution is -0.0941.